The van der Waals surface area contributed by atoms with Crippen LogP contribution >= 0.6 is 0 Å². The molecule has 0 saturated heterocycles. The number of aromatic amines is 1. The van der Waals surface area contributed by atoms with Crippen LogP contribution in [0.25, 0.3) is 11.0 Å². The Hall–Kier alpha value is -3.11. The van der Waals surface area contributed by atoms with Gasteiger partial charge in [0.2, 0.25) is 11.9 Å². The molecule has 3 aromatic rings. The summed E-state index contributed by atoms with van der Waals surface area (Å²) in [7, 11) is -3.99. The summed E-state index contributed by atoms with van der Waals surface area (Å²) in [6, 6.07) is 11.2. The fourth-order valence-electron chi connectivity index (χ4n) is 3.30. The molecule has 9 nitrogen and oxygen atoms in total. The number of hydrogen-bond donors (Lipinski definition) is 4. The number of aromatic nitrogens is 2. The summed E-state index contributed by atoms with van der Waals surface area (Å²) < 4.78 is 30.7. The Morgan fingerprint density at radius 3 is 2.64 bits per heavy atom. The third-order valence-corrected chi connectivity index (χ3v) is 6.59. The first kappa shape index (κ1) is 23.1. The molecule has 176 valence electrons. The van der Waals surface area contributed by atoms with Gasteiger partial charge in [0.15, 0.2) is 0 Å². The molecule has 0 radical (unpaired) electrons. The van der Waals surface area contributed by atoms with E-state index in [0.717, 1.165) is 51.0 Å². The third kappa shape index (κ3) is 6.23. The average Bonchev–Trinajstić information content (AvgIpc) is 3.57. The molecule has 1 aromatic heterocycles. The van der Waals surface area contributed by atoms with Crippen LogP contribution in [0.1, 0.15) is 32.6 Å². The van der Waals surface area contributed by atoms with E-state index in [1.54, 1.807) is 24.3 Å². The minimum atomic E-state index is -3.99. The molecule has 1 fully saturated rings. The monoisotopic (exact) mass is 471 g/mol. The number of H-pyrrole nitrogens is 1. The number of hydrogen-bond acceptors (Lipinski definition) is 7. The Labute approximate surface area is 193 Å². The molecule has 4 rings (SSSR count). The predicted molar refractivity (Wildman–Crippen MR) is 128 cm³/mol. The van der Waals surface area contributed by atoms with Crippen LogP contribution in [-0.4, -0.2) is 43.9 Å². The summed E-state index contributed by atoms with van der Waals surface area (Å²) in [6.07, 6.45) is 4.11. The molecule has 0 unspecified atom stereocenters. The second-order valence-electron chi connectivity index (χ2n) is 8.12. The van der Waals surface area contributed by atoms with Crippen molar-refractivity contribution in [1.82, 2.24) is 15.3 Å². The maximum atomic E-state index is 12.7. The van der Waals surface area contributed by atoms with Gasteiger partial charge < -0.3 is 19.8 Å². The normalized spacial score (nSPS) is 13.7. The highest BCUT2D eigenvalue weighted by Crippen LogP contribution is 2.30. The topological polar surface area (TPSA) is 125 Å². The number of nitrogens with one attached hydrogen (secondary N) is 4. The standard InChI is InChI=1S/C23H29N5O4S/c1-2-3-12-24-13-14-25-17-6-9-19(10-7-17)33(30,31)32-18-8-11-20-21(15-18)27-23(26-20)28-22(29)16-4-5-16/h6-11,15-16,24-25H,2-5,12-14H2,1H3,(H2,26,27,28,29). The average molecular weight is 472 g/mol. The zero-order chi connectivity index (χ0) is 23.3. The molecule has 1 aliphatic rings. The smallest absolute Gasteiger partial charge is 0.339 e. The van der Waals surface area contributed by atoms with Gasteiger partial charge in [-0.25, -0.2) is 4.98 Å². The maximum Gasteiger partial charge on any atom is 0.339 e. The van der Waals surface area contributed by atoms with E-state index in [-0.39, 0.29) is 22.5 Å². The summed E-state index contributed by atoms with van der Waals surface area (Å²) >= 11 is 0. The van der Waals surface area contributed by atoms with Crippen LogP contribution in [0.2, 0.25) is 0 Å². The van der Waals surface area contributed by atoms with Crippen molar-refractivity contribution in [3.63, 3.8) is 0 Å². The van der Waals surface area contributed by atoms with Crippen molar-refractivity contribution in [2.75, 3.05) is 30.3 Å². The van der Waals surface area contributed by atoms with Gasteiger partial charge in [0, 0.05) is 30.8 Å². The largest absolute Gasteiger partial charge is 0.384 e. The molecular weight excluding hydrogens is 442 g/mol. The van der Waals surface area contributed by atoms with Crippen LogP contribution in [0.4, 0.5) is 11.6 Å². The van der Waals surface area contributed by atoms with E-state index >= 15 is 0 Å². The summed E-state index contributed by atoms with van der Waals surface area (Å²) in [5.41, 5.74) is 2.01. The zero-order valence-electron chi connectivity index (χ0n) is 18.6. The lowest BCUT2D eigenvalue weighted by molar-refractivity contribution is -0.117. The van der Waals surface area contributed by atoms with Gasteiger partial charge in [-0.05, 0) is 62.2 Å². The third-order valence-electron chi connectivity index (χ3n) is 5.33. The molecule has 10 heteroatoms. The lowest BCUT2D eigenvalue weighted by Gasteiger charge is -2.10. The number of nitrogens with zero attached hydrogens (tertiary/aromatic N) is 1. The van der Waals surface area contributed by atoms with Gasteiger partial charge in [0.05, 0.1) is 11.0 Å². The highest BCUT2D eigenvalue weighted by Gasteiger charge is 2.30. The van der Waals surface area contributed by atoms with Crippen molar-refractivity contribution >= 4 is 38.7 Å². The first-order valence-corrected chi connectivity index (χ1v) is 12.7. The van der Waals surface area contributed by atoms with Crippen LogP contribution in [0.3, 0.4) is 0 Å². The minimum Gasteiger partial charge on any atom is -0.384 e. The van der Waals surface area contributed by atoms with Gasteiger partial charge in [-0.15, -0.1) is 0 Å². The molecule has 4 N–H and O–H groups in total. The Bertz CT molecular complexity index is 1200. The van der Waals surface area contributed by atoms with E-state index in [2.05, 4.69) is 32.8 Å². The van der Waals surface area contributed by atoms with E-state index < -0.39 is 10.1 Å². The van der Waals surface area contributed by atoms with Crippen LogP contribution in [0.15, 0.2) is 47.4 Å². The van der Waals surface area contributed by atoms with Crippen molar-refractivity contribution < 1.29 is 17.4 Å². The van der Waals surface area contributed by atoms with Gasteiger partial charge in [-0.2, -0.15) is 8.42 Å². The van der Waals surface area contributed by atoms with E-state index in [4.69, 9.17) is 4.18 Å². The molecule has 0 aliphatic heterocycles. The van der Waals surface area contributed by atoms with Crippen molar-refractivity contribution in [2.45, 2.75) is 37.5 Å². The maximum absolute atomic E-state index is 12.7. The number of anilines is 2. The molecule has 1 saturated carbocycles. The van der Waals surface area contributed by atoms with E-state index in [1.807, 2.05) is 0 Å². The Balaban J connectivity index is 1.35. The predicted octanol–water partition coefficient (Wildman–Crippen LogP) is 3.48. The minimum absolute atomic E-state index is 0.0567. The molecule has 1 heterocycles. The fourth-order valence-corrected chi connectivity index (χ4v) is 4.22. The second-order valence-corrected chi connectivity index (χ2v) is 9.67. The van der Waals surface area contributed by atoms with Crippen LogP contribution < -0.4 is 20.1 Å². The molecule has 33 heavy (non-hydrogen) atoms. The quantitative estimate of drug-likeness (QED) is 0.235. The molecule has 1 aliphatic carbocycles. The van der Waals surface area contributed by atoms with Crippen molar-refractivity contribution in [2.24, 2.45) is 5.92 Å². The van der Waals surface area contributed by atoms with Crippen molar-refractivity contribution in [3.8, 4) is 5.75 Å². The Kier molecular flexibility index (Phi) is 7.14. The second kappa shape index (κ2) is 10.2. The molecular formula is C23H29N5O4S. The SMILES string of the molecule is CCCCNCCNc1ccc(S(=O)(=O)Oc2ccc3nc(NC(=O)C4CC4)[nH]c3c2)cc1. The molecule has 0 spiro atoms. The lowest BCUT2D eigenvalue weighted by Crippen LogP contribution is -2.23. The number of unbranched alkanes of at least 4 members (excludes halogenated alkanes) is 1. The number of amides is 1. The van der Waals surface area contributed by atoms with Gasteiger partial charge in [0.1, 0.15) is 10.6 Å². The van der Waals surface area contributed by atoms with Gasteiger partial charge in [0.25, 0.3) is 0 Å². The zero-order valence-corrected chi connectivity index (χ0v) is 19.4. The fraction of sp³-hybridized carbons (Fsp3) is 0.391. The number of fused-ring (bicyclic) bond motifs is 1. The van der Waals surface area contributed by atoms with E-state index in [9.17, 15) is 13.2 Å². The van der Waals surface area contributed by atoms with Gasteiger partial charge in [-0.3, -0.25) is 10.1 Å². The van der Waals surface area contributed by atoms with Crippen molar-refractivity contribution in [3.05, 3.63) is 42.5 Å². The van der Waals surface area contributed by atoms with Crippen LogP contribution in [0.5, 0.6) is 5.75 Å². The molecule has 0 bridgehead atoms. The highest BCUT2D eigenvalue weighted by molar-refractivity contribution is 7.87. The first-order chi connectivity index (χ1) is 15.9. The van der Waals surface area contributed by atoms with E-state index in [0.29, 0.717) is 17.0 Å². The highest BCUT2D eigenvalue weighted by atomic mass is 32.2. The number of rotatable bonds is 12. The molecule has 0 atom stereocenters. The summed E-state index contributed by atoms with van der Waals surface area (Å²) in [5, 5.41) is 9.35. The Morgan fingerprint density at radius 2 is 1.91 bits per heavy atom. The lowest BCUT2D eigenvalue weighted by atomic mass is 10.3. The van der Waals surface area contributed by atoms with Gasteiger partial charge in [-0.1, -0.05) is 13.3 Å². The molecule has 2 aromatic carbocycles. The van der Waals surface area contributed by atoms with Crippen molar-refractivity contribution in [1.29, 1.82) is 0 Å². The van der Waals surface area contributed by atoms with Gasteiger partial charge >= 0.3 is 10.1 Å². The van der Waals surface area contributed by atoms with Crippen LogP contribution in [-0.2, 0) is 14.9 Å². The van der Waals surface area contributed by atoms with Crippen LogP contribution in [0, 0.1) is 5.92 Å². The number of carbonyl (C=O) groups excluding carboxylic acids is 1. The van der Waals surface area contributed by atoms with E-state index in [1.165, 1.54) is 18.2 Å². The number of carbonyl (C=O) groups is 1. The molecule has 1 amide bonds. The number of benzene rings is 2. The Morgan fingerprint density at radius 1 is 1.12 bits per heavy atom. The summed E-state index contributed by atoms with van der Waals surface area (Å²) in [6.45, 7) is 4.74. The first-order valence-electron chi connectivity index (χ1n) is 11.2. The summed E-state index contributed by atoms with van der Waals surface area (Å²) in [5.74, 6) is 0.502. The number of imidazole rings is 1. The summed E-state index contributed by atoms with van der Waals surface area (Å²) in [4.78, 5) is 19.3.